The lowest BCUT2D eigenvalue weighted by Gasteiger charge is -2.13. The Morgan fingerprint density at radius 2 is 2.41 bits per heavy atom. The van der Waals surface area contributed by atoms with Crippen molar-refractivity contribution in [2.24, 2.45) is 0 Å². The Bertz CT molecular complexity index is 476. The van der Waals surface area contributed by atoms with E-state index in [2.05, 4.69) is 4.98 Å². The van der Waals surface area contributed by atoms with Crippen LogP contribution in [0.25, 0.3) is 0 Å². The second kappa shape index (κ2) is 4.71. The van der Waals surface area contributed by atoms with Crippen molar-refractivity contribution in [3.05, 3.63) is 28.5 Å². The summed E-state index contributed by atoms with van der Waals surface area (Å²) in [6.45, 7) is 2.36. The molecule has 17 heavy (non-hydrogen) atoms. The number of carbonyl (C=O) groups is 2. The normalized spacial score (nSPS) is 13.8. The molecule has 0 spiro atoms. The first-order valence-corrected chi connectivity index (χ1v) is 5.59. The lowest BCUT2D eigenvalue weighted by Crippen LogP contribution is -2.31. The van der Waals surface area contributed by atoms with E-state index >= 15 is 0 Å². The van der Waals surface area contributed by atoms with Gasteiger partial charge in [0.05, 0.1) is 12.2 Å². The van der Waals surface area contributed by atoms with Crippen molar-refractivity contribution in [2.45, 2.75) is 13.5 Å². The fourth-order valence-electron chi connectivity index (χ4n) is 1.73. The van der Waals surface area contributed by atoms with Gasteiger partial charge in [0.1, 0.15) is 11.7 Å². The lowest BCUT2D eigenvalue weighted by molar-refractivity contribution is -0.143. The third-order valence-electron chi connectivity index (χ3n) is 2.46. The predicted octanol–water partition coefficient (Wildman–Crippen LogP) is 1.25. The van der Waals surface area contributed by atoms with Crippen LogP contribution in [0.4, 0.5) is 0 Å². The van der Waals surface area contributed by atoms with Crippen LogP contribution in [0.3, 0.4) is 0 Å². The number of esters is 1. The quantitative estimate of drug-likeness (QED) is 0.602. The largest absolute Gasteiger partial charge is 0.465 e. The van der Waals surface area contributed by atoms with Crippen LogP contribution in [0, 0.1) is 0 Å². The molecular formula is C11H11ClN2O3. The third-order valence-corrected chi connectivity index (χ3v) is 2.67. The molecule has 2 rings (SSSR count). The first-order valence-electron chi connectivity index (χ1n) is 5.21. The molecule has 0 radical (unpaired) electrons. The number of carbonyl (C=O) groups excluding carboxylic acids is 2. The summed E-state index contributed by atoms with van der Waals surface area (Å²) in [7, 11) is 0. The molecule has 0 unspecified atom stereocenters. The number of pyridine rings is 1. The Balaban J connectivity index is 2.12. The molecule has 1 aromatic heterocycles. The molecule has 0 saturated heterocycles. The summed E-state index contributed by atoms with van der Waals surface area (Å²) in [5.74, 6) is -0.620. The van der Waals surface area contributed by atoms with Crippen LogP contribution in [-0.2, 0) is 16.1 Å². The standard InChI is InChI=1S/C11H11ClN2O3/c1-2-17-10(15)6-14-5-7-3-9(12)13-4-8(7)11(14)16/h3-4H,2,5-6H2,1H3. The Labute approximate surface area is 103 Å². The Kier molecular flexibility index (Phi) is 3.28. The highest BCUT2D eigenvalue weighted by Crippen LogP contribution is 2.23. The molecule has 1 aliphatic rings. The molecule has 0 saturated carbocycles. The summed E-state index contributed by atoms with van der Waals surface area (Å²) in [5.41, 5.74) is 1.29. The molecule has 0 fully saturated rings. The number of amides is 1. The molecule has 2 heterocycles. The van der Waals surface area contributed by atoms with Gasteiger partial charge in [-0.2, -0.15) is 0 Å². The minimum Gasteiger partial charge on any atom is -0.465 e. The fraction of sp³-hybridized carbons (Fsp3) is 0.364. The van der Waals surface area contributed by atoms with Gasteiger partial charge in [-0.05, 0) is 18.6 Å². The molecule has 6 heteroatoms. The Morgan fingerprint density at radius 3 is 3.12 bits per heavy atom. The molecule has 5 nitrogen and oxygen atoms in total. The SMILES string of the molecule is CCOC(=O)CN1Cc2cc(Cl)ncc2C1=O. The monoisotopic (exact) mass is 254 g/mol. The van der Waals surface area contributed by atoms with Crippen molar-refractivity contribution < 1.29 is 14.3 Å². The number of hydrogen-bond donors (Lipinski definition) is 0. The van der Waals surface area contributed by atoms with Gasteiger partial charge in [-0.1, -0.05) is 11.6 Å². The molecule has 0 aromatic carbocycles. The predicted molar refractivity (Wildman–Crippen MR) is 60.6 cm³/mol. The zero-order chi connectivity index (χ0) is 12.4. The van der Waals surface area contributed by atoms with Crippen molar-refractivity contribution in [2.75, 3.05) is 13.2 Å². The van der Waals surface area contributed by atoms with Crippen LogP contribution < -0.4 is 0 Å². The summed E-state index contributed by atoms with van der Waals surface area (Å²) in [4.78, 5) is 28.5. The maximum atomic E-state index is 11.9. The first-order chi connectivity index (χ1) is 8.11. The molecule has 1 aliphatic heterocycles. The number of hydrogen-bond acceptors (Lipinski definition) is 4. The lowest BCUT2D eigenvalue weighted by atomic mass is 10.2. The molecule has 0 aliphatic carbocycles. The third kappa shape index (κ3) is 2.39. The molecular weight excluding hydrogens is 244 g/mol. The van der Waals surface area contributed by atoms with E-state index < -0.39 is 5.97 Å². The molecule has 1 amide bonds. The second-order valence-electron chi connectivity index (χ2n) is 3.63. The van der Waals surface area contributed by atoms with Crippen LogP contribution in [0.1, 0.15) is 22.8 Å². The van der Waals surface area contributed by atoms with Crippen molar-refractivity contribution >= 4 is 23.5 Å². The number of rotatable bonds is 3. The van der Waals surface area contributed by atoms with Crippen molar-refractivity contribution in [1.29, 1.82) is 0 Å². The van der Waals surface area contributed by atoms with Gasteiger partial charge in [0, 0.05) is 12.7 Å². The van der Waals surface area contributed by atoms with Crippen molar-refractivity contribution in [3.8, 4) is 0 Å². The van der Waals surface area contributed by atoms with E-state index in [1.807, 2.05) is 0 Å². The topological polar surface area (TPSA) is 59.5 Å². The van der Waals surface area contributed by atoms with Gasteiger partial charge in [0.15, 0.2) is 0 Å². The molecule has 0 bridgehead atoms. The van der Waals surface area contributed by atoms with Crippen LogP contribution >= 0.6 is 11.6 Å². The first kappa shape index (κ1) is 11.9. The minimum absolute atomic E-state index is 0.0427. The van der Waals surface area contributed by atoms with Gasteiger partial charge in [0.25, 0.3) is 5.91 Å². The van der Waals surface area contributed by atoms with Gasteiger partial charge < -0.3 is 9.64 Å². The van der Waals surface area contributed by atoms with Crippen LogP contribution in [0.15, 0.2) is 12.3 Å². The van der Waals surface area contributed by atoms with E-state index in [9.17, 15) is 9.59 Å². The average Bonchev–Trinajstić information content (AvgIpc) is 2.55. The highest BCUT2D eigenvalue weighted by Gasteiger charge is 2.29. The number of halogens is 1. The zero-order valence-corrected chi connectivity index (χ0v) is 10.0. The van der Waals surface area contributed by atoms with Crippen molar-refractivity contribution in [1.82, 2.24) is 9.88 Å². The number of ether oxygens (including phenoxy) is 1. The van der Waals surface area contributed by atoms with Gasteiger partial charge in [-0.25, -0.2) is 4.98 Å². The average molecular weight is 255 g/mol. The van der Waals surface area contributed by atoms with Crippen LogP contribution in [0.5, 0.6) is 0 Å². The molecule has 0 N–H and O–H groups in total. The summed E-state index contributed by atoms with van der Waals surface area (Å²) in [6, 6.07) is 1.64. The fourth-order valence-corrected chi connectivity index (χ4v) is 1.91. The highest BCUT2D eigenvalue weighted by atomic mass is 35.5. The second-order valence-corrected chi connectivity index (χ2v) is 4.02. The Hall–Kier alpha value is -1.62. The number of nitrogens with zero attached hydrogens (tertiary/aromatic N) is 2. The molecule has 90 valence electrons. The van der Waals surface area contributed by atoms with E-state index in [4.69, 9.17) is 16.3 Å². The van der Waals surface area contributed by atoms with E-state index in [0.29, 0.717) is 23.9 Å². The summed E-state index contributed by atoms with van der Waals surface area (Å²) < 4.78 is 4.80. The molecule has 0 atom stereocenters. The van der Waals surface area contributed by atoms with E-state index in [0.717, 1.165) is 5.56 Å². The van der Waals surface area contributed by atoms with Crippen LogP contribution in [0.2, 0.25) is 5.15 Å². The Morgan fingerprint density at radius 1 is 1.65 bits per heavy atom. The number of fused-ring (bicyclic) bond motifs is 1. The zero-order valence-electron chi connectivity index (χ0n) is 9.27. The van der Waals surface area contributed by atoms with E-state index in [1.54, 1.807) is 13.0 Å². The number of aromatic nitrogens is 1. The van der Waals surface area contributed by atoms with E-state index in [1.165, 1.54) is 11.1 Å². The highest BCUT2D eigenvalue weighted by molar-refractivity contribution is 6.29. The van der Waals surface area contributed by atoms with Gasteiger partial charge in [0.2, 0.25) is 0 Å². The van der Waals surface area contributed by atoms with Crippen LogP contribution in [-0.4, -0.2) is 34.9 Å². The minimum atomic E-state index is -0.410. The maximum Gasteiger partial charge on any atom is 0.325 e. The van der Waals surface area contributed by atoms with Gasteiger partial charge in [-0.3, -0.25) is 9.59 Å². The van der Waals surface area contributed by atoms with Crippen molar-refractivity contribution in [3.63, 3.8) is 0 Å². The van der Waals surface area contributed by atoms with E-state index in [-0.39, 0.29) is 12.5 Å². The maximum absolute atomic E-state index is 11.9. The molecule has 1 aromatic rings. The summed E-state index contributed by atoms with van der Waals surface area (Å²) in [6.07, 6.45) is 1.44. The summed E-state index contributed by atoms with van der Waals surface area (Å²) in [5, 5.41) is 0.342. The summed E-state index contributed by atoms with van der Waals surface area (Å²) >= 11 is 5.74. The van der Waals surface area contributed by atoms with Gasteiger partial charge >= 0.3 is 5.97 Å². The van der Waals surface area contributed by atoms with Gasteiger partial charge in [-0.15, -0.1) is 0 Å². The smallest absolute Gasteiger partial charge is 0.325 e.